The molecule has 0 saturated carbocycles. The minimum Gasteiger partial charge on any atom is -0.507 e. The Morgan fingerprint density at radius 3 is 2.79 bits per heavy atom. The number of aromatic nitrogens is 1. The van der Waals surface area contributed by atoms with Crippen LogP contribution in [0.5, 0.6) is 5.75 Å². The van der Waals surface area contributed by atoms with Crippen molar-refractivity contribution in [2.45, 2.75) is 0 Å². The largest absolute Gasteiger partial charge is 0.507 e. The summed E-state index contributed by atoms with van der Waals surface area (Å²) in [5.41, 5.74) is -0.193. The normalized spacial score (nSPS) is 10.7. The zero-order valence-corrected chi connectivity index (χ0v) is 9.08. The highest BCUT2D eigenvalue weighted by atomic mass is 79.9. The summed E-state index contributed by atoms with van der Waals surface area (Å²) in [6.07, 6.45) is 1.68. The number of pyridine rings is 1. The molecule has 1 N–H and O–H groups in total. The summed E-state index contributed by atoms with van der Waals surface area (Å²) >= 11 is 3.33. The van der Waals surface area contributed by atoms with Crippen molar-refractivity contribution in [2.75, 3.05) is 0 Å². The summed E-state index contributed by atoms with van der Waals surface area (Å²) in [5, 5.41) is 10.6. The first-order chi connectivity index (χ1) is 6.61. The maximum atomic E-state index is 11.7. The number of halogens is 1. The Morgan fingerprint density at radius 1 is 1.36 bits per heavy atom. The van der Waals surface area contributed by atoms with Crippen LogP contribution in [-0.2, 0) is 7.05 Å². The molecule has 0 aliphatic carbocycles. The van der Waals surface area contributed by atoms with E-state index in [1.54, 1.807) is 25.4 Å². The van der Waals surface area contributed by atoms with Crippen LogP contribution in [-0.4, -0.2) is 9.67 Å². The fourth-order valence-corrected chi connectivity index (χ4v) is 1.86. The lowest BCUT2D eigenvalue weighted by Gasteiger charge is -2.04. The Morgan fingerprint density at radius 2 is 2.07 bits per heavy atom. The second kappa shape index (κ2) is 3.13. The molecule has 0 atom stereocenters. The molecule has 4 heteroatoms. The molecule has 1 heterocycles. The average molecular weight is 254 g/mol. The van der Waals surface area contributed by atoms with Gasteiger partial charge in [-0.05, 0) is 18.2 Å². The lowest BCUT2D eigenvalue weighted by Crippen LogP contribution is -2.15. The Balaban J connectivity index is 3.09. The van der Waals surface area contributed by atoms with Crippen LogP contribution in [0.25, 0.3) is 10.8 Å². The number of hydrogen-bond acceptors (Lipinski definition) is 2. The number of aryl methyl sites for hydroxylation is 1. The number of phenols is 1. The van der Waals surface area contributed by atoms with E-state index in [9.17, 15) is 9.90 Å². The Kier molecular flexibility index (Phi) is 2.07. The smallest absolute Gasteiger partial charge is 0.261 e. The fourth-order valence-electron chi connectivity index (χ4n) is 1.40. The van der Waals surface area contributed by atoms with Crippen molar-refractivity contribution >= 4 is 26.7 Å². The number of hydrogen-bond donors (Lipinski definition) is 1. The highest BCUT2D eigenvalue weighted by molar-refractivity contribution is 9.10. The molecule has 3 nitrogen and oxygen atoms in total. The van der Waals surface area contributed by atoms with Crippen molar-refractivity contribution in [2.24, 2.45) is 7.05 Å². The molecule has 0 saturated heterocycles. The van der Waals surface area contributed by atoms with E-state index in [2.05, 4.69) is 15.9 Å². The number of fused-ring (bicyclic) bond motifs is 1. The van der Waals surface area contributed by atoms with E-state index in [1.807, 2.05) is 0 Å². The Bertz CT molecular complexity index is 560. The molecule has 0 aliphatic heterocycles. The molecule has 14 heavy (non-hydrogen) atoms. The van der Waals surface area contributed by atoms with E-state index in [4.69, 9.17) is 0 Å². The van der Waals surface area contributed by atoms with Crippen molar-refractivity contribution in [1.82, 2.24) is 4.57 Å². The van der Waals surface area contributed by atoms with Gasteiger partial charge in [-0.25, -0.2) is 0 Å². The van der Waals surface area contributed by atoms with Gasteiger partial charge in [0.25, 0.3) is 5.56 Å². The van der Waals surface area contributed by atoms with Crippen LogP contribution in [0.2, 0.25) is 0 Å². The summed E-state index contributed by atoms with van der Waals surface area (Å²) in [6, 6.07) is 5.02. The van der Waals surface area contributed by atoms with E-state index >= 15 is 0 Å². The molecular weight excluding hydrogens is 246 g/mol. The van der Waals surface area contributed by atoms with Gasteiger partial charge in [0, 0.05) is 23.1 Å². The van der Waals surface area contributed by atoms with E-state index in [0.717, 1.165) is 9.86 Å². The van der Waals surface area contributed by atoms with Gasteiger partial charge in [0.15, 0.2) is 0 Å². The van der Waals surface area contributed by atoms with Crippen LogP contribution >= 0.6 is 15.9 Å². The predicted molar refractivity (Wildman–Crippen MR) is 58.6 cm³/mol. The van der Waals surface area contributed by atoms with E-state index in [1.165, 1.54) is 10.6 Å². The Labute approximate surface area is 88.7 Å². The molecule has 2 aromatic rings. The van der Waals surface area contributed by atoms with Gasteiger partial charge in [-0.15, -0.1) is 0 Å². The number of rotatable bonds is 0. The molecule has 1 aromatic carbocycles. The monoisotopic (exact) mass is 253 g/mol. The molecule has 0 bridgehead atoms. The summed E-state index contributed by atoms with van der Waals surface area (Å²) < 4.78 is 2.25. The van der Waals surface area contributed by atoms with Gasteiger partial charge in [-0.1, -0.05) is 15.9 Å². The lowest BCUT2D eigenvalue weighted by atomic mass is 10.1. The highest BCUT2D eigenvalue weighted by Crippen LogP contribution is 2.27. The van der Waals surface area contributed by atoms with Crippen LogP contribution in [0, 0.1) is 0 Å². The zero-order chi connectivity index (χ0) is 10.3. The molecular formula is C10H8BrNO2. The van der Waals surface area contributed by atoms with Crippen molar-refractivity contribution < 1.29 is 5.11 Å². The first-order valence-electron chi connectivity index (χ1n) is 4.08. The minimum atomic E-state index is -0.193. The second-order valence-electron chi connectivity index (χ2n) is 3.09. The van der Waals surface area contributed by atoms with Gasteiger partial charge >= 0.3 is 0 Å². The first-order valence-corrected chi connectivity index (χ1v) is 4.87. The summed E-state index contributed by atoms with van der Waals surface area (Å²) in [5.74, 6) is 0.0180. The van der Waals surface area contributed by atoms with Gasteiger partial charge < -0.3 is 9.67 Å². The molecule has 1 aromatic heterocycles. The maximum absolute atomic E-state index is 11.7. The van der Waals surface area contributed by atoms with Gasteiger partial charge in [0.1, 0.15) is 5.75 Å². The minimum absolute atomic E-state index is 0.0180. The SMILES string of the molecule is Cn1ccc2c(Br)ccc(O)c2c1=O. The lowest BCUT2D eigenvalue weighted by molar-refractivity contribution is 0.481. The molecule has 0 unspecified atom stereocenters. The molecule has 0 amide bonds. The number of aromatic hydroxyl groups is 1. The number of benzene rings is 1. The molecule has 0 fully saturated rings. The standard InChI is InChI=1S/C10H8BrNO2/c1-12-5-4-6-7(11)2-3-8(13)9(6)10(12)14/h2-5,13H,1H3. The summed E-state index contributed by atoms with van der Waals surface area (Å²) in [7, 11) is 1.65. The van der Waals surface area contributed by atoms with Crippen molar-refractivity contribution in [3.8, 4) is 5.75 Å². The van der Waals surface area contributed by atoms with Crippen LogP contribution in [0.15, 0.2) is 33.7 Å². The maximum Gasteiger partial charge on any atom is 0.261 e. The Hall–Kier alpha value is -1.29. The molecule has 2 rings (SSSR count). The number of nitrogens with zero attached hydrogens (tertiary/aromatic N) is 1. The summed E-state index contributed by atoms with van der Waals surface area (Å²) in [6.45, 7) is 0. The predicted octanol–water partition coefficient (Wildman–Crippen LogP) is 2.01. The van der Waals surface area contributed by atoms with Gasteiger partial charge in [-0.3, -0.25) is 4.79 Å². The van der Waals surface area contributed by atoms with Crippen LogP contribution in [0.1, 0.15) is 0 Å². The zero-order valence-electron chi connectivity index (χ0n) is 7.49. The molecule has 72 valence electrons. The quantitative estimate of drug-likeness (QED) is 0.781. The second-order valence-corrected chi connectivity index (χ2v) is 3.94. The van der Waals surface area contributed by atoms with Crippen LogP contribution in [0.3, 0.4) is 0 Å². The fraction of sp³-hybridized carbons (Fsp3) is 0.100. The molecule has 0 aliphatic rings. The van der Waals surface area contributed by atoms with Gasteiger partial charge in [0.05, 0.1) is 5.39 Å². The van der Waals surface area contributed by atoms with Crippen molar-refractivity contribution in [3.63, 3.8) is 0 Å². The van der Waals surface area contributed by atoms with Gasteiger partial charge in [0.2, 0.25) is 0 Å². The third-order valence-electron chi connectivity index (χ3n) is 2.17. The first kappa shape index (κ1) is 9.27. The highest BCUT2D eigenvalue weighted by Gasteiger charge is 2.07. The average Bonchev–Trinajstić information content (AvgIpc) is 2.16. The van der Waals surface area contributed by atoms with E-state index in [0.29, 0.717) is 5.39 Å². The number of phenolic OH excluding ortho intramolecular Hbond substituents is 1. The molecule has 0 radical (unpaired) electrons. The van der Waals surface area contributed by atoms with E-state index in [-0.39, 0.29) is 11.3 Å². The van der Waals surface area contributed by atoms with Crippen LogP contribution < -0.4 is 5.56 Å². The van der Waals surface area contributed by atoms with E-state index < -0.39 is 0 Å². The van der Waals surface area contributed by atoms with Crippen molar-refractivity contribution in [3.05, 3.63) is 39.2 Å². The third-order valence-corrected chi connectivity index (χ3v) is 2.86. The third kappa shape index (κ3) is 1.23. The van der Waals surface area contributed by atoms with Crippen molar-refractivity contribution in [1.29, 1.82) is 0 Å². The van der Waals surface area contributed by atoms with Gasteiger partial charge in [-0.2, -0.15) is 0 Å². The van der Waals surface area contributed by atoms with Crippen LogP contribution in [0.4, 0.5) is 0 Å². The topological polar surface area (TPSA) is 42.2 Å². The molecule has 0 spiro atoms. The summed E-state index contributed by atoms with van der Waals surface area (Å²) in [4.78, 5) is 11.7.